The Hall–Kier alpha value is -7.13. The van der Waals surface area contributed by atoms with Crippen LogP contribution in [0.25, 0.3) is 114 Å². The lowest BCUT2D eigenvalue weighted by molar-refractivity contribution is 0.577. The van der Waals surface area contributed by atoms with Crippen LogP contribution >= 0.6 is 22.7 Å². The topological polar surface area (TPSA) is 77.6 Å². The summed E-state index contributed by atoms with van der Waals surface area (Å²) >= 11 is 3.50. The summed E-state index contributed by atoms with van der Waals surface area (Å²) in [5, 5.41) is 4.32. The number of benzene rings is 6. The Bertz CT molecular complexity index is 3440. The first-order valence-corrected chi connectivity index (χ1v) is 20.6. The maximum absolute atomic E-state index is 6.23. The third kappa shape index (κ3) is 5.64. The van der Waals surface area contributed by atoms with Crippen LogP contribution in [-0.2, 0) is 0 Å². The first kappa shape index (κ1) is 34.1. The number of nitrogens with zero attached hydrogens (tertiary/aromatic N) is 5. The zero-order chi connectivity index (χ0) is 38.7. The van der Waals surface area contributed by atoms with E-state index >= 15 is 0 Å². The van der Waals surface area contributed by atoms with E-state index in [1.165, 1.54) is 4.70 Å². The highest BCUT2D eigenvalue weighted by Gasteiger charge is 2.22. The fourth-order valence-electron chi connectivity index (χ4n) is 7.84. The van der Waals surface area contributed by atoms with Gasteiger partial charge >= 0.3 is 0 Å². The van der Waals surface area contributed by atoms with Crippen molar-refractivity contribution in [2.45, 2.75) is 6.92 Å². The molecule has 8 heteroatoms. The molecule has 0 aliphatic carbocycles. The average molecular weight is 782 g/mol. The van der Waals surface area contributed by atoms with E-state index < -0.39 is 0 Å². The highest BCUT2D eigenvalue weighted by molar-refractivity contribution is 7.26. The van der Waals surface area contributed by atoms with Gasteiger partial charge in [0.15, 0.2) is 23.3 Å². The summed E-state index contributed by atoms with van der Waals surface area (Å²) < 4.78 is 10.8. The van der Waals surface area contributed by atoms with Crippen LogP contribution < -0.4 is 0 Å². The van der Waals surface area contributed by atoms with E-state index in [4.69, 9.17) is 29.3 Å². The van der Waals surface area contributed by atoms with Gasteiger partial charge in [-0.3, -0.25) is 0 Å². The van der Waals surface area contributed by atoms with Crippen LogP contribution in [0.15, 0.2) is 163 Å². The monoisotopic (exact) mass is 781 g/mol. The summed E-state index contributed by atoms with van der Waals surface area (Å²) in [6.07, 6.45) is 5.72. The van der Waals surface area contributed by atoms with E-state index in [9.17, 15) is 0 Å². The fourth-order valence-corrected chi connectivity index (χ4v) is 10.2. The number of hydrogen-bond donors (Lipinski definition) is 0. The van der Waals surface area contributed by atoms with Gasteiger partial charge in [0.1, 0.15) is 11.3 Å². The Balaban J connectivity index is 1.10. The smallest absolute Gasteiger partial charge is 0.164 e. The number of rotatable bonds is 7. The normalized spacial score (nSPS) is 11.9. The first-order valence-electron chi connectivity index (χ1n) is 18.9. The van der Waals surface area contributed by atoms with Gasteiger partial charge in [-0.25, -0.2) is 24.9 Å². The minimum atomic E-state index is 0.574. The van der Waals surface area contributed by atoms with Crippen molar-refractivity contribution in [3.8, 4) is 56.8 Å². The summed E-state index contributed by atoms with van der Waals surface area (Å²) in [5.74, 6) is 3.30. The van der Waals surface area contributed by atoms with Gasteiger partial charge in [0.25, 0.3) is 0 Å². The molecule has 5 aromatic heterocycles. The Labute approximate surface area is 341 Å². The zero-order valence-corrected chi connectivity index (χ0v) is 32.8. The van der Waals surface area contributed by atoms with Crippen molar-refractivity contribution >= 4 is 80.2 Å². The summed E-state index contributed by atoms with van der Waals surface area (Å²) in [6, 6.07) is 47.9. The van der Waals surface area contributed by atoms with Crippen LogP contribution in [-0.4, -0.2) is 24.9 Å². The number of hydrogen-bond acceptors (Lipinski definition) is 8. The highest BCUT2D eigenvalue weighted by Crippen LogP contribution is 2.43. The molecule has 5 heterocycles. The van der Waals surface area contributed by atoms with Gasteiger partial charge in [-0.1, -0.05) is 140 Å². The number of allylic oxidation sites excluding steroid dienone is 2. The molecule has 0 radical (unpaired) electrons. The van der Waals surface area contributed by atoms with E-state index in [0.29, 0.717) is 23.3 Å². The predicted molar refractivity (Wildman–Crippen MR) is 242 cm³/mol. The standard InChI is InChI=1S/C50H31N5OS2/c1-3-4-19-33-29(2)56-38-23-13-21-36(42(33)38)49-53-47(31-17-9-6-10-18-31)54-50(55-49)37-22-14-25-40-43(37)34-27-26-32(28-41(34)57-40)48-51-44(30-15-7-5-8-16-30)46-45(52-48)35-20-11-12-24-39(35)58-46/h3-28H,1H2,2H3/b19-4-. The molecule has 58 heavy (non-hydrogen) atoms. The van der Waals surface area contributed by atoms with Crippen molar-refractivity contribution < 1.29 is 4.42 Å². The Morgan fingerprint density at radius 1 is 0.534 bits per heavy atom. The summed E-state index contributed by atoms with van der Waals surface area (Å²) in [6.45, 7) is 5.86. The van der Waals surface area contributed by atoms with Crippen LogP contribution in [0, 0.1) is 6.92 Å². The van der Waals surface area contributed by atoms with Crippen molar-refractivity contribution in [1.82, 2.24) is 24.9 Å². The molecule has 274 valence electrons. The molecule has 0 aliphatic heterocycles. The SMILES string of the molecule is C=C/C=C\c1c(C)oc2cccc(-c3nc(-c4ccccc4)nc(-c4cccc5sc6cc(-c7nc(-c8ccccc8)c8sc9ccccc9c8n7)ccc6c45)n3)c12. The molecule has 0 fully saturated rings. The van der Waals surface area contributed by atoms with Crippen molar-refractivity contribution in [3.05, 3.63) is 170 Å². The van der Waals surface area contributed by atoms with Crippen LogP contribution in [0.2, 0.25) is 0 Å². The van der Waals surface area contributed by atoms with E-state index in [-0.39, 0.29) is 0 Å². The number of furan rings is 1. The second kappa shape index (κ2) is 13.8. The van der Waals surface area contributed by atoms with Crippen LogP contribution in [0.3, 0.4) is 0 Å². The van der Waals surface area contributed by atoms with Crippen molar-refractivity contribution in [3.63, 3.8) is 0 Å². The number of aromatic nitrogens is 5. The van der Waals surface area contributed by atoms with Gasteiger partial charge in [-0.05, 0) is 31.2 Å². The van der Waals surface area contributed by atoms with Crippen molar-refractivity contribution in [1.29, 1.82) is 0 Å². The minimum Gasteiger partial charge on any atom is -0.461 e. The second-order valence-electron chi connectivity index (χ2n) is 14.0. The van der Waals surface area contributed by atoms with Crippen LogP contribution in [0.1, 0.15) is 11.3 Å². The molecule has 0 N–H and O–H groups in total. The van der Waals surface area contributed by atoms with E-state index in [0.717, 1.165) is 91.6 Å². The third-order valence-corrected chi connectivity index (χ3v) is 12.8. The van der Waals surface area contributed by atoms with Crippen LogP contribution in [0.4, 0.5) is 0 Å². The summed E-state index contributed by atoms with van der Waals surface area (Å²) in [7, 11) is 0. The Morgan fingerprint density at radius 2 is 1.21 bits per heavy atom. The molecule has 0 bridgehead atoms. The lowest BCUT2D eigenvalue weighted by atomic mass is 10.0. The maximum Gasteiger partial charge on any atom is 0.164 e. The quantitative estimate of drug-likeness (QED) is 0.150. The highest BCUT2D eigenvalue weighted by atomic mass is 32.1. The van der Waals surface area contributed by atoms with Gasteiger partial charge < -0.3 is 4.42 Å². The lowest BCUT2D eigenvalue weighted by Gasteiger charge is -2.10. The first-order chi connectivity index (χ1) is 28.6. The molecule has 0 saturated carbocycles. The second-order valence-corrected chi connectivity index (χ2v) is 16.2. The Kier molecular flexibility index (Phi) is 8.13. The van der Waals surface area contributed by atoms with E-state index in [2.05, 4.69) is 97.6 Å². The molecule has 6 aromatic carbocycles. The van der Waals surface area contributed by atoms with Gasteiger partial charge in [0.05, 0.1) is 15.9 Å². The molecular weight excluding hydrogens is 751 g/mol. The van der Waals surface area contributed by atoms with Gasteiger partial charge in [0, 0.05) is 69.0 Å². The van der Waals surface area contributed by atoms with E-state index in [1.54, 1.807) is 28.7 Å². The number of thiophene rings is 2. The predicted octanol–water partition coefficient (Wildman–Crippen LogP) is 14.0. The largest absolute Gasteiger partial charge is 0.461 e. The molecule has 0 atom stereocenters. The third-order valence-electron chi connectivity index (χ3n) is 10.5. The molecule has 0 aliphatic rings. The zero-order valence-electron chi connectivity index (χ0n) is 31.2. The fraction of sp³-hybridized carbons (Fsp3) is 0.0200. The number of aryl methyl sites for hydroxylation is 1. The van der Waals surface area contributed by atoms with E-state index in [1.807, 2.05) is 67.6 Å². The summed E-state index contributed by atoms with van der Waals surface area (Å²) in [4.78, 5) is 26.0. The molecule has 0 saturated heterocycles. The molecule has 0 spiro atoms. The average Bonchev–Trinajstić information content (AvgIpc) is 3.95. The van der Waals surface area contributed by atoms with Gasteiger partial charge in [-0.2, -0.15) is 0 Å². The molecule has 11 aromatic rings. The lowest BCUT2D eigenvalue weighted by Crippen LogP contribution is -2.00. The van der Waals surface area contributed by atoms with Crippen molar-refractivity contribution in [2.24, 2.45) is 0 Å². The molecule has 6 nitrogen and oxygen atoms in total. The minimum absolute atomic E-state index is 0.574. The number of fused-ring (bicyclic) bond motifs is 7. The summed E-state index contributed by atoms with van der Waals surface area (Å²) in [5.41, 5.74) is 8.44. The molecular formula is C50H31N5OS2. The molecule has 0 unspecified atom stereocenters. The Morgan fingerprint density at radius 3 is 2.00 bits per heavy atom. The molecule has 0 amide bonds. The molecule has 11 rings (SSSR count). The maximum atomic E-state index is 6.23. The van der Waals surface area contributed by atoms with Gasteiger partial charge in [0.2, 0.25) is 0 Å². The van der Waals surface area contributed by atoms with Crippen LogP contribution in [0.5, 0.6) is 0 Å². The van der Waals surface area contributed by atoms with Crippen molar-refractivity contribution in [2.75, 3.05) is 0 Å². The van der Waals surface area contributed by atoms with Gasteiger partial charge in [-0.15, -0.1) is 22.7 Å².